The third kappa shape index (κ3) is 17.6. The number of hydrogen-bond acceptors (Lipinski definition) is 2. The summed E-state index contributed by atoms with van der Waals surface area (Å²) in [5, 5.41) is 1.35. The summed E-state index contributed by atoms with van der Waals surface area (Å²) in [6.07, 6.45) is 17.6. The molecule has 10 aromatic carbocycles. The second-order valence-electron chi connectivity index (χ2n) is 26.2. The van der Waals surface area contributed by atoms with Crippen LogP contribution in [0.25, 0.3) is 0 Å². The molecule has 7 aliphatic rings. The van der Waals surface area contributed by atoms with Crippen molar-refractivity contribution in [1.29, 1.82) is 0 Å². The van der Waals surface area contributed by atoms with Crippen LogP contribution in [0.3, 0.4) is 0 Å². The smallest absolute Gasteiger partial charge is 0.416 e. The average molecular weight is 1600 g/mol. The fourth-order valence-electron chi connectivity index (χ4n) is 13.3. The van der Waals surface area contributed by atoms with Gasteiger partial charge in [0.05, 0.1) is 79.8 Å². The van der Waals surface area contributed by atoms with Crippen molar-refractivity contribution < 1.29 is 44.6 Å². The van der Waals surface area contributed by atoms with E-state index in [2.05, 4.69) is 219 Å². The van der Waals surface area contributed by atoms with E-state index < -0.39 is 34.4 Å². The Labute approximate surface area is 632 Å². The third-order valence-corrected chi connectivity index (χ3v) is 31.4. The second kappa shape index (κ2) is 33.4. The number of hydrogen-bond donors (Lipinski definition) is 0. The highest BCUT2D eigenvalue weighted by Gasteiger charge is 2.51. The number of halogens is 9. The van der Waals surface area contributed by atoms with E-state index in [0.29, 0.717) is 43.0 Å². The number of ether oxygens (including phenoxy) is 2. The summed E-state index contributed by atoms with van der Waals surface area (Å²) >= 11 is 2.13. The molecule has 0 saturated carbocycles. The highest BCUT2D eigenvalue weighted by molar-refractivity contribution is 14.1. The number of rotatable bonds is 7. The molecule has 4 heterocycles. The van der Waals surface area contributed by atoms with Crippen LogP contribution in [0.15, 0.2) is 371 Å². The third-order valence-electron chi connectivity index (χ3n) is 18.4. The lowest BCUT2D eigenvalue weighted by atomic mass is 9.87. The van der Waals surface area contributed by atoms with E-state index in [4.69, 9.17) is 9.47 Å². The van der Waals surface area contributed by atoms with E-state index in [1.54, 1.807) is 12.1 Å². The normalized spacial score (nSPS) is 21.5. The summed E-state index contributed by atoms with van der Waals surface area (Å²) in [4.78, 5) is 11.5. The molecule has 2 nitrogen and oxygen atoms in total. The molecule has 16 heteroatoms. The van der Waals surface area contributed by atoms with Crippen LogP contribution in [0.4, 0.5) is 35.1 Å². The van der Waals surface area contributed by atoms with Crippen molar-refractivity contribution in [2.45, 2.75) is 121 Å². The molecule has 3 aliphatic carbocycles. The van der Waals surface area contributed by atoms with Crippen LogP contribution >= 0.6 is 22.6 Å². The fourth-order valence-corrected chi connectivity index (χ4v) is 25.6. The van der Waals surface area contributed by atoms with Crippen molar-refractivity contribution in [3.05, 3.63) is 365 Å². The molecule has 0 radical (unpaired) electrons. The number of allylic oxidation sites excluding steroid dienone is 8. The Kier molecular flexibility index (Phi) is 24.0. The summed E-state index contributed by atoms with van der Waals surface area (Å²) in [6.45, 7) is 8.66. The van der Waals surface area contributed by atoms with Gasteiger partial charge in [0.15, 0.2) is 71.7 Å². The summed E-state index contributed by atoms with van der Waals surface area (Å²) in [5.74, 6) is 4.00. The van der Waals surface area contributed by atoms with Gasteiger partial charge in [0.2, 0.25) is 4.90 Å². The molecule has 0 bridgehead atoms. The predicted molar refractivity (Wildman–Crippen MR) is 422 cm³/mol. The van der Waals surface area contributed by atoms with Crippen molar-refractivity contribution in [1.82, 2.24) is 0 Å². The van der Waals surface area contributed by atoms with Gasteiger partial charge in [-0.05, 0) is 228 Å². The van der Waals surface area contributed by atoms with Gasteiger partial charge in [-0.3, -0.25) is 0 Å². The summed E-state index contributed by atoms with van der Waals surface area (Å²) in [5.41, 5.74) is 3.08. The number of fused-ring (bicyclic) bond motifs is 8. The van der Waals surface area contributed by atoms with Crippen molar-refractivity contribution in [2.75, 3.05) is 24.7 Å². The van der Waals surface area contributed by atoms with E-state index in [1.807, 2.05) is 72.8 Å². The van der Waals surface area contributed by atoms with E-state index in [1.165, 1.54) is 94.0 Å². The SMILES string of the molecule is C1=CC2c3ccccc3[S+](c3ccccc3)C2C=C1.CC(C)(C)c1ccc([S+]2CCOCC2)cc1.FC(F)(F)c1ccc([S+](c2ccc(I)cc2)c2ccc(C(F)(F)F)cc2)cc1.Fc1ccc([S+]2c3ccccc3C3C=CC=CC32)cc1.Fc1ccc([S+]2c3ccccc3OC3C=CC=CC32)cc1. The van der Waals surface area contributed by atoms with E-state index in [-0.39, 0.29) is 61.1 Å². The molecular weight excluding hydrogens is 1530 g/mol. The lowest BCUT2D eigenvalue weighted by Crippen LogP contribution is -2.40. The number of para-hydroxylation sites is 1. The highest BCUT2D eigenvalue weighted by Crippen LogP contribution is 2.50. The maximum Gasteiger partial charge on any atom is 0.416 e. The first kappa shape index (κ1) is 74.6. The molecule has 10 aromatic rings. The van der Waals surface area contributed by atoms with Crippen LogP contribution < -0.4 is 4.74 Å². The topological polar surface area (TPSA) is 18.5 Å². The molecule has 528 valence electrons. The lowest BCUT2D eigenvalue weighted by molar-refractivity contribution is -0.138. The van der Waals surface area contributed by atoms with Gasteiger partial charge in [-0.15, -0.1) is 0 Å². The molecule has 0 aromatic heterocycles. The summed E-state index contributed by atoms with van der Waals surface area (Å²) < 4.78 is 116. The monoisotopic (exact) mass is 1600 g/mol. The van der Waals surface area contributed by atoms with Crippen LogP contribution in [0, 0.1) is 15.2 Å². The van der Waals surface area contributed by atoms with E-state index in [0.717, 1.165) is 56.6 Å². The van der Waals surface area contributed by atoms with Gasteiger partial charge in [-0.1, -0.05) is 148 Å². The van der Waals surface area contributed by atoms with Crippen LogP contribution in [0.2, 0.25) is 0 Å². The van der Waals surface area contributed by atoms with Crippen LogP contribution in [0.5, 0.6) is 5.75 Å². The van der Waals surface area contributed by atoms with Crippen molar-refractivity contribution in [3.8, 4) is 5.75 Å². The Hall–Kier alpha value is -7.68. The van der Waals surface area contributed by atoms with E-state index in [9.17, 15) is 35.1 Å². The van der Waals surface area contributed by atoms with Gasteiger partial charge in [0.25, 0.3) is 0 Å². The van der Waals surface area contributed by atoms with Crippen molar-refractivity contribution in [2.24, 2.45) is 0 Å². The molecule has 9 unspecified atom stereocenters. The molecule has 1 saturated heterocycles. The molecule has 4 aliphatic heterocycles. The number of alkyl halides is 6. The Balaban J connectivity index is 0.000000117. The molecule has 0 amide bonds. The van der Waals surface area contributed by atoms with Gasteiger partial charge in [-0.2, -0.15) is 26.3 Å². The summed E-state index contributed by atoms with van der Waals surface area (Å²) in [6, 6.07) is 76.7. The van der Waals surface area contributed by atoms with Gasteiger partial charge >= 0.3 is 12.4 Å². The van der Waals surface area contributed by atoms with Gasteiger partial charge < -0.3 is 9.47 Å². The average Bonchev–Trinajstić information content (AvgIpc) is 1.56. The second-order valence-corrected chi connectivity index (χ2v) is 38.1. The molecule has 104 heavy (non-hydrogen) atoms. The minimum atomic E-state index is -4.45. The first-order chi connectivity index (χ1) is 50.2. The zero-order valence-corrected chi connectivity index (χ0v) is 63.4. The largest absolute Gasteiger partial charge is 0.475 e. The van der Waals surface area contributed by atoms with Crippen LogP contribution in [-0.4, -0.2) is 46.6 Å². The fraction of sp³-hybridized carbons (Fsp3) is 0.182. The van der Waals surface area contributed by atoms with Crippen LogP contribution in [0.1, 0.15) is 60.4 Å². The molecular formula is C88H76F8IO2S5+5. The maximum atomic E-state index is 13.2. The Morgan fingerprint density at radius 1 is 0.375 bits per heavy atom. The van der Waals surface area contributed by atoms with Crippen molar-refractivity contribution >= 4 is 77.1 Å². The quantitative estimate of drug-likeness (QED) is 0.0899. The molecule has 9 atom stereocenters. The van der Waals surface area contributed by atoms with Gasteiger partial charge in [-0.25, -0.2) is 8.78 Å². The van der Waals surface area contributed by atoms with Gasteiger partial charge in [0.1, 0.15) is 23.1 Å². The zero-order valence-electron chi connectivity index (χ0n) is 57.2. The minimum Gasteiger partial charge on any atom is -0.475 e. The molecule has 1 fully saturated rings. The van der Waals surface area contributed by atoms with Crippen LogP contribution in [-0.2, 0) is 77.0 Å². The first-order valence-electron chi connectivity index (χ1n) is 34.2. The molecule has 0 spiro atoms. The summed E-state index contributed by atoms with van der Waals surface area (Å²) in [7, 11) is -0.352. The number of benzene rings is 10. The van der Waals surface area contributed by atoms with Gasteiger partial charge in [0, 0.05) is 25.6 Å². The molecule has 0 N–H and O–H groups in total. The maximum absolute atomic E-state index is 13.2. The highest BCUT2D eigenvalue weighted by atomic mass is 127. The first-order valence-corrected chi connectivity index (χ1v) is 41.9. The predicted octanol–water partition coefficient (Wildman–Crippen LogP) is 23.3. The Morgan fingerprint density at radius 2 is 0.750 bits per heavy atom. The zero-order chi connectivity index (χ0) is 72.5. The lowest BCUT2D eigenvalue weighted by Gasteiger charge is -2.30. The Bertz CT molecular complexity index is 4660. The minimum absolute atomic E-state index is 0.00488. The molecule has 17 rings (SSSR count). The standard InChI is InChI=1S/C20H12F6IS.C18H14FOS.C18H14FS.C18H15S.C14H21OS/c21-19(22,23)13-1-7-16(8-2-13)28(18-11-5-15(27)6-12-18)17-9-3-14(4-10-17)20(24,25)26;19-13-9-11-14(12-10-13)21-17-7-3-1-5-15(17)20-16-6-2-4-8-18(16)21;19-13-9-11-14(12-10-13)20-17-7-3-1-5-15(17)16-6-2-4-8-18(16)20;1-2-8-14(9-3-1)19-17-12-6-4-10-15(17)16-11-5-7-13-18(16)19;1-14(2,3)12-4-6-13(7-5-12)16-10-8-15-9-11-16/h1-12H;1-12,15,17H;1-12,15,17H;1-13,15,17H;4-7H,8-11H2,1-3H3/q5*+1. The Morgan fingerprint density at radius 3 is 1.22 bits per heavy atom. The van der Waals surface area contributed by atoms with E-state index >= 15 is 0 Å². The van der Waals surface area contributed by atoms with Crippen molar-refractivity contribution in [3.63, 3.8) is 0 Å².